The molecule has 2 aromatic rings. The normalized spacial score (nSPS) is 11.0. The van der Waals surface area contributed by atoms with Gasteiger partial charge in [-0.25, -0.2) is 0 Å². The molecule has 8 heteroatoms. The van der Waals surface area contributed by atoms with E-state index in [0.29, 0.717) is 10.7 Å². The van der Waals surface area contributed by atoms with Crippen LogP contribution < -0.4 is 10.6 Å². The van der Waals surface area contributed by atoms with Crippen LogP contribution in [0.5, 0.6) is 0 Å². The average molecular weight is 357 g/mol. The molecule has 0 spiro atoms. The summed E-state index contributed by atoms with van der Waals surface area (Å²) in [5.41, 5.74) is -0.991. The zero-order valence-electron chi connectivity index (χ0n) is 12.2. The first-order valence-electron chi connectivity index (χ1n) is 6.77. The molecule has 2 rings (SSSR count). The minimum atomic E-state index is -4.60. The highest BCUT2D eigenvalue weighted by atomic mass is 35.5. The number of nitrogens with one attached hydrogen (secondary N) is 2. The Labute approximate surface area is 140 Å². The molecule has 2 aromatic carbocycles. The molecule has 24 heavy (non-hydrogen) atoms. The second-order valence-corrected chi connectivity index (χ2v) is 5.26. The Morgan fingerprint density at radius 2 is 1.62 bits per heavy atom. The van der Waals surface area contributed by atoms with E-state index in [2.05, 4.69) is 10.6 Å². The third-order valence-electron chi connectivity index (χ3n) is 2.94. The maximum absolute atomic E-state index is 12.8. The molecule has 0 aliphatic heterocycles. The number of carbonyl (C=O) groups is 2. The Morgan fingerprint density at radius 1 is 0.958 bits per heavy atom. The van der Waals surface area contributed by atoms with Gasteiger partial charge in [-0.3, -0.25) is 9.59 Å². The molecule has 0 aliphatic rings. The molecule has 0 fully saturated rings. The minimum absolute atomic E-state index is 0.385. The lowest BCUT2D eigenvalue weighted by molar-refractivity contribution is -0.137. The third kappa shape index (κ3) is 4.99. The van der Waals surface area contributed by atoms with Crippen molar-refractivity contribution in [2.45, 2.75) is 12.6 Å². The van der Waals surface area contributed by atoms with Crippen molar-refractivity contribution in [1.29, 1.82) is 0 Å². The van der Waals surface area contributed by atoms with Crippen LogP contribution in [-0.2, 0) is 15.8 Å². The number of para-hydroxylation sites is 1. The van der Waals surface area contributed by atoms with Crippen LogP contribution in [0.1, 0.15) is 12.0 Å². The van der Waals surface area contributed by atoms with Gasteiger partial charge in [0.25, 0.3) is 0 Å². The van der Waals surface area contributed by atoms with E-state index in [0.717, 1.165) is 12.1 Å². The van der Waals surface area contributed by atoms with E-state index in [1.165, 1.54) is 18.2 Å². The van der Waals surface area contributed by atoms with Crippen molar-refractivity contribution >= 4 is 34.8 Å². The van der Waals surface area contributed by atoms with Crippen molar-refractivity contribution in [1.82, 2.24) is 0 Å². The number of amides is 2. The van der Waals surface area contributed by atoms with Gasteiger partial charge in [0.15, 0.2) is 0 Å². The molecular weight excluding hydrogens is 345 g/mol. The quantitative estimate of drug-likeness (QED) is 0.801. The van der Waals surface area contributed by atoms with Crippen molar-refractivity contribution in [3.8, 4) is 0 Å². The predicted octanol–water partition coefficient (Wildman–Crippen LogP) is 4.33. The number of alkyl halides is 3. The third-order valence-corrected chi connectivity index (χ3v) is 3.17. The molecule has 0 bridgehead atoms. The Bertz CT molecular complexity index is 763. The van der Waals surface area contributed by atoms with Gasteiger partial charge in [0.2, 0.25) is 11.8 Å². The largest absolute Gasteiger partial charge is 0.418 e. The summed E-state index contributed by atoms with van der Waals surface area (Å²) in [6.07, 6.45) is -5.23. The van der Waals surface area contributed by atoms with Crippen LogP contribution in [0.3, 0.4) is 0 Å². The van der Waals surface area contributed by atoms with Gasteiger partial charge >= 0.3 is 6.18 Å². The van der Waals surface area contributed by atoms with E-state index < -0.39 is 35.7 Å². The topological polar surface area (TPSA) is 58.2 Å². The number of hydrogen-bond donors (Lipinski definition) is 2. The fourth-order valence-electron chi connectivity index (χ4n) is 1.95. The van der Waals surface area contributed by atoms with Gasteiger partial charge in [-0.1, -0.05) is 29.8 Å². The van der Waals surface area contributed by atoms with Gasteiger partial charge in [0, 0.05) is 10.7 Å². The molecule has 0 unspecified atom stereocenters. The summed E-state index contributed by atoms with van der Waals surface area (Å²) >= 11 is 5.76. The Morgan fingerprint density at radius 3 is 2.29 bits per heavy atom. The second kappa shape index (κ2) is 7.35. The Hall–Kier alpha value is -2.54. The predicted molar refractivity (Wildman–Crippen MR) is 84.8 cm³/mol. The monoisotopic (exact) mass is 356 g/mol. The number of benzene rings is 2. The van der Waals surface area contributed by atoms with E-state index in [1.54, 1.807) is 18.2 Å². The fraction of sp³-hybridized carbons (Fsp3) is 0.125. The molecule has 0 saturated carbocycles. The van der Waals surface area contributed by atoms with E-state index in [-0.39, 0.29) is 0 Å². The lowest BCUT2D eigenvalue weighted by Gasteiger charge is -2.13. The van der Waals surface area contributed by atoms with E-state index >= 15 is 0 Å². The highest BCUT2D eigenvalue weighted by Gasteiger charge is 2.33. The SMILES string of the molecule is O=C(CC(=O)Nc1ccccc1C(F)(F)F)Nc1cccc(Cl)c1. The number of hydrogen-bond acceptors (Lipinski definition) is 2. The summed E-state index contributed by atoms with van der Waals surface area (Å²) in [5, 5.41) is 4.94. The first-order chi connectivity index (χ1) is 11.3. The number of carbonyl (C=O) groups excluding carboxylic acids is 2. The van der Waals surface area contributed by atoms with Crippen LogP contribution in [0.25, 0.3) is 0 Å². The number of anilines is 2. The first kappa shape index (κ1) is 17.8. The summed E-state index contributed by atoms with van der Waals surface area (Å²) in [6.45, 7) is 0. The fourth-order valence-corrected chi connectivity index (χ4v) is 2.14. The molecule has 0 heterocycles. The molecule has 0 aromatic heterocycles. The van der Waals surface area contributed by atoms with Crippen molar-refractivity contribution < 1.29 is 22.8 Å². The summed E-state index contributed by atoms with van der Waals surface area (Å²) in [5.74, 6) is -1.52. The van der Waals surface area contributed by atoms with Crippen LogP contribution >= 0.6 is 11.6 Å². The molecule has 0 saturated heterocycles. The maximum atomic E-state index is 12.8. The standard InChI is InChI=1S/C16H12ClF3N2O2/c17-10-4-3-5-11(8-10)21-14(23)9-15(24)22-13-7-2-1-6-12(13)16(18,19)20/h1-8H,9H2,(H,21,23)(H,22,24). The highest BCUT2D eigenvalue weighted by molar-refractivity contribution is 6.30. The molecule has 0 aliphatic carbocycles. The minimum Gasteiger partial charge on any atom is -0.326 e. The maximum Gasteiger partial charge on any atom is 0.418 e. The lowest BCUT2D eigenvalue weighted by Crippen LogP contribution is -2.22. The van der Waals surface area contributed by atoms with Gasteiger partial charge in [0.1, 0.15) is 6.42 Å². The summed E-state index contributed by atoms with van der Waals surface area (Å²) in [7, 11) is 0. The van der Waals surface area contributed by atoms with Gasteiger partial charge in [-0.15, -0.1) is 0 Å². The van der Waals surface area contributed by atoms with E-state index in [9.17, 15) is 22.8 Å². The van der Waals surface area contributed by atoms with Gasteiger partial charge in [0.05, 0.1) is 11.3 Å². The van der Waals surface area contributed by atoms with Crippen LogP contribution in [0.2, 0.25) is 5.02 Å². The van der Waals surface area contributed by atoms with Crippen LogP contribution in [0.4, 0.5) is 24.5 Å². The van der Waals surface area contributed by atoms with Crippen LogP contribution in [0, 0.1) is 0 Å². The van der Waals surface area contributed by atoms with Gasteiger partial charge in [-0.2, -0.15) is 13.2 Å². The van der Waals surface area contributed by atoms with E-state index in [4.69, 9.17) is 11.6 Å². The zero-order chi connectivity index (χ0) is 17.7. The molecule has 2 amide bonds. The molecule has 0 atom stereocenters. The zero-order valence-corrected chi connectivity index (χ0v) is 12.9. The van der Waals surface area contributed by atoms with E-state index in [1.807, 2.05) is 0 Å². The highest BCUT2D eigenvalue weighted by Crippen LogP contribution is 2.34. The van der Waals surface area contributed by atoms with Crippen molar-refractivity contribution in [3.63, 3.8) is 0 Å². The molecule has 0 radical (unpaired) electrons. The first-order valence-corrected chi connectivity index (χ1v) is 7.15. The van der Waals surface area contributed by atoms with Crippen molar-refractivity contribution in [2.24, 2.45) is 0 Å². The summed E-state index contributed by atoms with van der Waals surface area (Å²) in [6, 6.07) is 10.8. The molecule has 126 valence electrons. The molecule has 2 N–H and O–H groups in total. The molecule has 4 nitrogen and oxygen atoms in total. The average Bonchev–Trinajstić information content (AvgIpc) is 2.46. The Kier molecular flexibility index (Phi) is 5.46. The van der Waals surface area contributed by atoms with Crippen LogP contribution in [-0.4, -0.2) is 11.8 Å². The number of rotatable bonds is 4. The van der Waals surface area contributed by atoms with Crippen LogP contribution in [0.15, 0.2) is 48.5 Å². The van der Waals surface area contributed by atoms with Gasteiger partial charge < -0.3 is 10.6 Å². The van der Waals surface area contributed by atoms with Gasteiger partial charge in [-0.05, 0) is 30.3 Å². The van der Waals surface area contributed by atoms with Crippen molar-refractivity contribution in [3.05, 3.63) is 59.1 Å². The lowest BCUT2D eigenvalue weighted by atomic mass is 10.1. The van der Waals surface area contributed by atoms with Crippen molar-refractivity contribution in [2.75, 3.05) is 10.6 Å². The summed E-state index contributed by atoms with van der Waals surface area (Å²) in [4.78, 5) is 23.6. The molecular formula is C16H12ClF3N2O2. The Balaban J connectivity index is 2.00. The smallest absolute Gasteiger partial charge is 0.326 e. The summed E-state index contributed by atoms with van der Waals surface area (Å²) < 4.78 is 38.5. The number of halogens is 4. The second-order valence-electron chi connectivity index (χ2n) is 4.83.